The lowest BCUT2D eigenvalue weighted by Gasteiger charge is -1.98. The Morgan fingerprint density at radius 3 is 2.50 bits per heavy atom. The van der Waals surface area contributed by atoms with Crippen LogP contribution in [0, 0.1) is 0 Å². The lowest BCUT2D eigenvalue weighted by atomic mass is 10.4. The second-order valence-corrected chi connectivity index (χ2v) is 2.33. The second kappa shape index (κ2) is 2.68. The normalized spacial score (nSPS) is 16.4. The topological polar surface area (TPSA) is 69.4 Å². The molecule has 0 aromatic rings. The SMILES string of the molecule is NC(=O)CC(=O)OC1CC1. The summed E-state index contributed by atoms with van der Waals surface area (Å²) in [4.78, 5) is 20.7. The first-order chi connectivity index (χ1) is 4.68. The molecule has 10 heavy (non-hydrogen) atoms. The molecule has 1 rings (SSSR count). The lowest BCUT2D eigenvalue weighted by molar-refractivity contribution is -0.146. The van der Waals surface area contributed by atoms with Gasteiger partial charge in [0.05, 0.1) is 0 Å². The van der Waals surface area contributed by atoms with Crippen molar-refractivity contribution in [3.05, 3.63) is 0 Å². The van der Waals surface area contributed by atoms with Crippen molar-refractivity contribution in [3.63, 3.8) is 0 Å². The molecular weight excluding hydrogens is 134 g/mol. The van der Waals surface area contributed by atoms with Gasteiger partial charge in [-0.15, -0.1) is 0 Å². The van der Waals surface area contributed by atoms with Gasteiger partial charge in [0.1, 0.15) is 12.5 Å². The van der Waals surface area contributed by atoms with Crippen LogP contribution in [0.1, 0.15) is 19.3 Å². The molecule has 2 N–H and O–H groups in total. The summed E-state index contributed by atoms with van der Waals surface area (Å²) in [7, 11) is 0. The molecule has 0 heterocycles. The predicted octanol–water partition coefficient (Wildman–Crippen LogP) is -0.433. The zero-order valence-electron chi connectivity index (χ0n) is 5.50. The van der Waals surface area contributed by atoms with Gasteiger partial charge in [-0.2, -0.15) is 0 Å². The van der Waals surface area contributed by atoms with Crippen molar-refractivity contribution >= 4 is 11.9 Å². The highest BCUT2D eigenvalue weighted by Crippen LogP contribution is 2.23. The molecule has 0 atom stereocenters. The van der Waals surface area contributed by atoms with Gasteiger partial charge in [-0.25, -0.2) is 0 Å². The van der Waals surface area contributed by atoms with Crippen LogP contribution in [-0.4, -0.2) is 18.0 Å². The molecule has 0 saturated heterocycles. The van der Waals surface area contributed by atoms with Gasteiger partial charge in [0.15, 0.2) is 0 Å². The van der Waals surface area contributed by atoms with Crippen molar-refractivity contribution in [3.8, 4) is 0 Å². The minimum Gasteiger partial charge on any atom is -0.462 e. The number of rotatable bonds is 3. The Labute approximate surface area is 58.3 Å². The Morgan fingerprint density at radius 2 is 2.10 bits per heavy atom. The number of amides is 1. The molecule has 0 radical (unpaired) electrons. The molecule has 4 heteroatoms. The number of carbonyl (C=O) groups excluding carboxylic acids is 2. The molecule has 4 nitrogen and oxygen atoms in total. The van der Waals surface area contributed by atoms with E-state index < -0.39 is 11.9 Å². The van der Waals surface area contributed by atoms with Crippen LogP contribution in [0.2, 0.25) is 0 Å². The third kappa shape index (κ3) is 2.48. The minimum atomic E-state index is -0.634. The smallest absolute Gasteiger partial charge is 0.315 e. The van der Waals surface area contributed by atoms with Gasteiger partial charge in [-0.3, -0.25) is 9.59 Å². The Hall–Kier alpha value is -1.06. The second-order valence-electron chi connectivity index (χ2n) is 2.33. The average Bonchev–Trinajstić information content (AvgIpc) is 2.46. The Balaban J connectivity index is 2.14. The summed E-state index contributed by atoms with van der Waals surface area (Å²) >= 11 is 0. The van der Waals surface area contributed by atoms with Crippen molar-refractivity contribution in [2.24, 2.45) is 5.73 Å². The molecule has 0 spiro atoms. The van der Waals surface area contributed by atoms with E-state index in [0.717, 1.165) is 12.8 Å². The quantitative estimate of drug-likeness (QED) is 0.430. The van der Waals surface area contributed by atoms with Crippen LogP contribution >= 0.6 is 0 Å². The van der Waals surface area contributed by atoms with Crippen molar-refractivity contribution in [1.82, 2.24) is 0 Å². The van der Waals surface area contributed by atoms with E-state index in [9.17, 15) is 9.59 Å². The molecule has 56 valence electrons. The van der Waals surface area contributed by atoms with Crippen LogP contribution in [0.15, 0.2) is 0 Å². The van der Waals surface area contributed by atoms with E-state index in [1.54, 1.807) is 0 Å². The van der Waals surface area contributed by atoms with Crippen LogP contribution in [0.5, 0.6) is 0 Å². The Bertz CT molecular complexity index is 162. The van der Waals surface area contributed by atoms with Gasteiger partial charge in [0, 0.05) is 0 Å². The summed E-state index contributed by atoms with van der Waals surface area (Å²) in [6.07, 6.45) is 1.61. The average molecular weight is 143 g/mol. The zero-order valence-corrected chi connectivity index (χ0v) is 5.50. The summed E-state index contributed by atoms with van der Waals surface area (Å²) in [6.45, 7) is 0. The first-order valence-corrected chi connectivity index (χ1v) is 3.16. The molecule has 0 bridgehead atoms. The highest BCUT2D eigenvalue weighted by molar-refractivity contribution is 5.93. The maximum atomic E-state index is 10.6. The van der Waals surface area contributed by atoms with Gasteiger partial charge >= 0.3 is 5.97 Å². The lowest BCUT2D eigenvalue weighted by Crippen LogP contribution is -2.18. The van der Waals surface area contributed by atoms with Crippen LogP contribution in [0.4, 0.5) is 0 Å². The fourth-order valence-corrected chi connectivity index (χ4v) is 0.556. The summed E-state index contributed by atoms with van der Waals surface area (Å²) in [5.74, 6) is -1.14. The van der Waals surface area contributed by atoms with E-state index in [1.807, 2.05) is 0 Å². The van der Waals surface area contributed by atoms with Crippen LogP contribution < -0.4 is 5.73 Å². The van der Waals surface area contributed by atoms with Crippen molar-refractivity contribution < 1.29 is 14.3 Å². The molecule has 0 aromatic heterocycles. The molecule has 1 amide bonds. The van der Waals surface area contributed by atoms with Gasteiger partial charge in [0.25, 0.3) is 0 Å². The first-order valence-electron chi connectivity index (χ1n) is 3.16. The molecule has 0 unspecified atom stereocenters. The monoisotopic (exact) mass is 143 g/mol. The van der Waals surface area contributed by atoms with Crippen molar-refractivity contribution in [2.45, 2.75) is 25.4 Å². The van der Waals surface area contributed by atoms with E-state index in [0.29, 0.717) is 0 Å². The minimum absolute atomic E-state index is 0.0619. The number of primary amides is 1. The number of nitrogens with two attached hydrogens (primary N) is 1. The molecule has 1 fully saturated rings. The fraction of sp³-hybridized carbons (Fsp3) is 0.667. The third-order valence-electron chi connectivity index (χ3n) is 1.14. The zero-order chi connectivity index (χ0) is 7.56. The van der Waals surface area contributed by atoms with E-state index in [4.69, 9.17) is 10.5 Å². The Kier molecular flexibility index (Phi) is 1.89. The fourth-order valence-electron chi connectivity index (χ4n) is 0.556. The van der Waals surface area contributed by atoms with Gasteiger partial charge < -0.3 is 10.5 Å². The number of ether oxygens (including phenoxy) is 1. The highest BCUT2D eigenvalue weighted by Gasteiger charge is 2.26. The van der Waals surface area contributed by atoms with Crippen LogP contribution in [0.3, 0.4) is 0 Å². The maximum absolute atomic E-state index is 10.6. The largest absolute Gasteiger partial charge is 0.462 e. The highest BCUT2D eigenvalue weighted by atomic mass is 16.5. The summed E-state index contributed by atoms with van der Waals surface area (Å²) in [6, 6.07) is 0. The van der Waals surface area contributed by atoms with Crippen LogP contribution in [-0.2, 0) is 14.3 Å². The number of hydrogen-bond donors (Lipinski definition) is 1. The van der Waals surface area contributed by atoms with E-state index in [1.165, 1.54) is 0 Å². The molecule has 1 aliphatic rings. The van der Waals surface area contributed by atoms with Gasteiger partial charge in [-0.1, -0.05) is 0 Å². The molecular formula is C6H9NO3. The number of hydrogen-bond acceptors (Lipinski definition) is 3. The first kappa shape index (κ1) is 7.05. The van der Waals surface area contributed by atoms with E-state index in [-0.39, 0.29) is 12.5 Å². The maximum Gasteiger partial charge on any atom is 0.315 e. The summed E-state index contributed by atoms with van der Waals surface area (Å²) in [5, 5.41) is 0. The number of esters is 1. The standard InChI is InChI=1S/C6H9NO3/c7-5(8)3-6(9)10-4-1-2-4/h4H,1-3H2,(H2,7,8). The predicted molar refractivity (Wildman–Crippen MR) is 32.9 cm³/mol. The molecule has 1 saturated carbocycles. The van der Waals surface area contributed by atoms with E-state index in [2.05, 4.69) is 0 Å². The van der Waals surface area contributed by atoms with Gasteiger partial charge in [0.2, 0.25) is 5.91 Å². The third-order valence-corrected chi connectivity index (χ3v) is 1.14. The Morgan fingerprint density at radius 1 is 1.50 bits per heavy atom. The van der Waals surface area contributed by atoms with Crippen molar-refractivity contribution in [1.29, 1.82) is 0 Å². The molecule has 0 aliphatic heterocycles. The molecule has 0 aromatic carbocycles. The van der Waals surface area contributed by atoms with Crippen molar-refractivity contribution in [2.75, 3.05) is 0 Å². The van der Waals surface area contributed by atoms with E-state index >= 15 is 0 Å². The summed E-state index contributed by atoms with van der Waals surface area (Å²) in [5.41, 5.74) is 4.75. The molecule has 1 aliphatic carbocycles. The summed E-state index contributed by atoms with van der Waals surface area (Å²) < 4.78 is 4.73. The van der Waals surface area contributed by atoms with Gasteiger partial charge in [-0.05, 0) is 12.8 Å². The van der Waals surface area contributed by atoms with Crippen LogP contribution in [0.25, 0.3) is 0 Å². The number of carbonyl (C=O) groups is 2.